The molecule has 0 aliphatic carbocycles. The van der Waals surface area contributed by atoms with Crippen LogP contribution in [0.5, 0.6) is 0 Å². The molecular formula is C18H21FN4O. The summed E-state index contributed by atoms with van der Waals surface area (Å²) in [7, 11) is 0. The van der Waals surface area contributed by atoms with E-state index in [2.05, 4.69) is 20.9 Å². The second kappa shape index (κ2) is 9.29. The number of carbonyl (C=O) groups is 1. The van der Waals surface area contributed by atoms with Gasteiger partial charge in [-0.3, -0.25) is 4.79 Å². The lowest BCUT2D eigenvalue weighted by Gasteiger charge is -2.11. The molecule has 0 fully saturated rings. The van der Waals surface area contributed by atoms with Crippen LogP contribution in [0.25, 0.3) is 0 Å². The Morgan fingerprint density at radius 2 is 1.75 bits per heavy atom. The topological polar surface area (TPSA) is 65.5 Å². The van der Waals surface area contributed by atoms with E-state index in [0.29, 0.717) is 19.0 Å². The lowest BCUT2D eigenvalue weighted by molar-refractivity contribution is -0.115. The summed E-state index contributed by atoms with van der Waals surface area (Å²) < 4.78 is 12.9. The van der Waals surface area contributed by atoms with Crippen LogP contribution < -0.4 is 16.0 Å². The SMILES string of the molecule is CCNC(=NCc1ccc(F)cc1)NCC(=O)Nc1ccccc1. The highest BCUT2D eigenvalue weighted by molar-refractivity contribution is 5.94. The molecule has 1 amide bonds. The maximum atomic E-state index is 12.9. The van der Waals surface area contributed by atoms with Gasteiger partial charge in [0.15, 0.2) is 5.96 Å². The van der Waals surface area contributed by atoms with Gasteiger partial charge in [0.1, 0.15) is 5.82 Å². The zero-order valence-corrected chi connectivity index (χ0v) is 13.6. The molecule has 0 unspecified atom stereocenters. The van der Waals surface area contributed by atoms with Crippen molar-refractivity contribution < 1.29 is 9.18 Å². The van der Waals surface area contributed by atoms with Crippen LogP contribution in [0.3, 0.4) is 0 Å². The summed E-state index contributed by atoms with van der Waals surface area (Å²) in [5.74, 6) is 0.101. The van der Waals surface area contributed by atoms with Crippen LogP contribution in [0.15, 0.2) is 59.6 Å². The second-order valence-electron chi connectivity index (χ2n) is 5.09. The minimum absolute atomic E-state index is 0.101. The molecule has 2 aromatic carbocycles. The van der Waals surface area contributed by atoms with E-state index in [1.165, 1.54) is 12.1 Å². The van der Waals surface area contributed by atoms with Crippen molar-refractivity contribution in [3.8, 4) is 0 Å². The predicted molar refractivity (Wildman–Crippen MR) is 94.3 cm³/mol. The summed E-state index contributed by atoms with van der Waals surface area (Å²) in [4.78, 5) is 16.3. The van der Waals surface area contributed by atoms with E-state index in [1.54, 1.807) is 12.1 Å². The summed E-state index contributed by atoms with van der Waals surface area (Å²) in [5.41, 5.74) is 1.64. The number of benzene rings is 2. The first-order chi connectivity index (χ1) is 11.7. The number of amides is 1. The van der Waals surface area contributed by atoms with Crippen LogP contribution in [-0.2, 0) is 11.3 Å². The molecule has 0 aliphatic heterocycles. The van der Waals surface area contributed by atoms with E-state index in [0.717, 1.165) is 11.3 Å². The van der Waals surface area contributed by atoms with E-state index in [-0.39, 0.29) is 18.3 Å². The Kier molecular flexibility index (Phi) is 6.76. The molecular weight excluding hydrogens is 307 g/mol. The number of aliphatic imine (C=N–C) groups is 1. The van der Waals surface area contributed by atoms with Crippen molar-refractivity contribution in [2.45, 2.75) is 13.5 Å². The van der Waals surface area contributed by atoms with Crippen molar-refractivity contribution in [1.82, 2.24) is 10.6 Å². The molecule has 0 saturated heterocycles. The number of para-hydroxylation sites is 1. The first-order valence-electron chi connectivity index (χ1n) is 7.79. The highest BCUT2D eigenvalue weighted by Crippen LogP contribution is 2.05. The van der Waals surface area contributed by atoms with Crippen LogP contribution in [0.2, 0.25) is 0 Å². The van der Waals surface area contributed by atoms with Gasteiger partial charge in [0, 0.05) is 12.2 Å². The van der Waals surface area contributed by atoms with Crippen molar-refractivity contribution in [3.05, 3.63) is 66.0 Å². The summed E-state index contributed by atoms with van der Waals surface area (Å²) in [6.07, 6.45) is 0. The number of carbonyl (C=O) groups excluding carboxylic acids is 1. The van der Waals surface area contributed by atoms with E-state index in [9.17, 15) is 9.18 Å². The molecule has 0 radical (unpaired) electrons. The number of nitrogens with one attached hydrogen (secondary N) is 3. The van der Waals surface area contributed by atoms with Gasteiger partial charge in [-0.15, -0.1) is 0 Å². The Morgan fingerprint density at radius 3 is 2.42 bits per heavy atom. The normalized spacial score (nSPS) is 11.0. The highest BCUT2D eigenvalue weighted by Gasteiger charge is 2.04. The van der Waals surface area contributed by atoms with E-state index >= 15 is 0 Å². The lowest BCUT2D eigenvalue weighted by atomic mass is 10.2. The Hall–Kier alpha value is -2.89. The van der Waals surface area contributed by atoms with Gasteiger partial charge in [-0.25, -0.2) is 9.38 Å². The van der Waals surface area contributed by atoms with E-state index in [4.69, 9.17) is 0 Å². The first-order valence-corrected chi connectivity index (χ1v) is 7.79. The Labute approximate surface area is 141 Å². The van der Waals surface area contributed by atoms with Crippen molar-refractivity contribution in [2.24, 2.45) is 4.99 Å². The van der Waals surface area contributed by atoms with Crippen LogP contribution in [-0.4, -0.2) is 25.0 Å². The van der Waals surface area contributed by atoms with Crippen molar-refractivity contribution in [1.29, 1.82) is 0 Å². The molecule has 0 aliphatic rings. The minimum atomic E-state index is -0.273. The monoisotopic (exact) mass is 328 g/mol. The molecule has 0 bridgehead atoms. The van der Waals surface area contributed by atoms with Gasteiger partial charge in [0.25, 0.3) is 0 Å². The molecule has 6 heteroatoms. The molecule has 0 spiro atoms. The number of anilines is 1. The molecule has 126 valence electrons. The fraction of sp³-hybridized carbons (Fsp3) is 0.222. The summed E-state index contributed by atoms with van der Waals surface area (Å²) in [6.45, 7) is 3.12. The van der Waals surface area contributed by atoms with Crippen LogP contribution in [0.4, 0.5) is 10.1 Å². The molecule has 0 aromatic heterocycles. The molecule has 5 nitrogen and oxygen atoms in total. The van der Waals surface area contributed by atoms with Crippen LogP contribution in [0.1, 0.15) is 12.5 Å². The van der Waals surface area contributed by atoms with Gasteiger partial charge in [-0.05, 0) is 36.8 Å². The van der Waals surface area contributed by atoms with Gasteiger partial charge >= 0.3 is 0 Å². The molecule has 2 rings (SSSR count). The zero-order chi connectivity index (χ0) is 17.2. The third-order valence-corrected chi connectivity index (χ3v) is 3.15. The number of guanidine groups is 1. The summed E-state index contributed by atoms with van der Waals surface area (Å²) in [5, 5.41) is 8.84. The largest absolute Gasteiger partial charge is 0.357 e. The molecule has 3 N–H and O–H groups in total. The average molecular weight is 328 g/mol. The number of hydrogen-bond acceptors (Lipinski definition) is 2. The van der Waals surface area contributed by atoms with Gasteiger partial charge in [-0.1, -0.05) is 30.3 Å². The lowest BCUT2D eigenvalue weighted by Crippen LogP contribution is -2.41. The number of hydrogen-bond donors (Lipinski definition) is 3. The van der Waals surface area contributed by atoms with Gasteiger partial charge in [0.05, 0.1) is 13.1 Å². The fourth-order valence-corrected chi connectivity index (χ4v) is 1.99. The standard InChI is InChI=1S/C18H21FN4O/c1-2-20-18(21-12-14-8-10-15(19)11-9-14)22-13-17(24)23-16-6-4-3-5-7-16/h3-11H,2,12-13H2,1H3,(H,23,24)(H2,20,21,22). The zero-order valence-electron chi connectivity index (χ0n) is 13.6. The van der Waals surface area contributed by atoms with Crippen molar-refractivity contribution in [3.63, 3.8) is 0 Å². The molecule has 2 aromatic rings. The molecule has 0 heterocycles. The summed E-state index contributed by atoms with van der Waals surface area (Å²) in [6, 6.07) is 15.4. The maximum Gasteiger partial charge on any atom is 0.243 e. The smallest absolute Gasteiger partial charge is 0.243 e. The number of nitrogens with zero attached hydrogens (tertiary/aromatic N) is 1. The fourth-order valence-electron chi connectivity index (χ4n) is 1.99. The average Bonchev–Trinajstić information content (AvgIpc) is 2.59. The third-order valence-electron chi connectivity index (χ3n) is 3.15. The molecule has 24 heavy (non-hydrogen) atoms. The maximum absolute atomic E-state index is 12.9. The molecule has 0 saturated carbocycles. The highest BCUT2D eigenvalue weighted by atomic mass is 19.1. The second-order valence-corrected chi connectivity index (χ2v) is 5.09. The van der Waals surface area contributed by atoms with Gasteiger partial charge in [-0.2, -0.15) is 0 Å². The van der Waals surface area contributed by atoms with Crippen molar-refractivity contribution >= 4 is 17.6 Å². The van der Waals surface area contributed by atoms with Gasteiger partial charge in [0.2, 0.25) is 5.91 Å². The Bertz CT molecular complexity index is 671. The van der Waals surface area contributed by atoms with Crippen molar-refractivity contribution in [2.75, 3.05) is 18.4 Å². The number of halogens is 1. The Balaban J connectivity index is 1.86. The van der Waals surface area contributed by atoms with E-state index in [1.807, 2.05) is 37.3 Å². The van der Waals surface area contributed by atoms with Crippen LogP contribution >= 0.6 is 0 Å². The minimum Gasteiger partial charge on any atom is -0.357 e. The van der Waals surface area contributed by atoms with Crippen LogP contribution in [0, 0.1) is 5.82 Å². The quantitative estimate of drug-likeness (QED) is 0.564. The van der Waals surface area contributed by atoms with Gasteiger partial charge < -0.3 is 16.0 Å². The molecule has 0 atom stereocenters. The summed E-state index contributed by atoms with van der Waals surface area (Å²) >= 11 is 0. The first kappa shape index (κ1) is 17.5. The third kappa shape index (κ3) is 6.08. The predicted octanol–water partition coefficient (Wildman–Crippen LogP) is 2.52. The number of rotatable bonds is 6. The Morgan fingerprint density at radius 1 is 1.04 bits per heavy atom. The van der Waals surface area contributed by atoms with E-state index < -0.39 is 0 Å².